The summed E-state index contributed by atoms with van der Waals surface area (Å²) in [4.78, 5) is 1.33. The smallest absolute Gasteiger partial charge is 0.0516 e. The lowest BCUT2D eigenvalue weighted by Gasteiger charge is -2.00. The number of thiophene rings is 1. The van der Waals surface area contributed by atoms with Gasteiger partial charge < -0.3 is 5.32 Å². The van der Waals surface area contributed by atoms with Gasteiger partial charge in [-0.3, -0.25) is 0 Å². The van der Waals surface area contributed by atoms with Crippen LogP contribution in [-0.2, 0) is 6.54 Å². The molecule has 72 valence electrons. The molecule has 0 saturated heterocycles. The van der Waals surface area contributed by atoms with Gasteiger partial charge in [-0.25, -0.2) is 0 Å². The van der Waals surface area contributed by atoms with Gasteiger partial charge in [-0.15, -0.1) is 11.3 Å². The molecular formula is C10H14ClNS. The zero-order valence-electron chi connectivity index (χ0n) is 7.55. The van der Waals surface area contributed by atoms with Crippen molar-refractivity contribution < 1.29 is 0 Å². The van der Waals surface area contributed by atoms with Crippen molar-refractivity contribution in [1.29, 1.82) is 0 Å². The van der Waals surface area contributed by atoms with E-state index in [0.29, 0.717) is 0 Å². The first-order valence-corrected chi connectivity index (χ1v) is 6.04. The number of hydrogen-bond acceptors (Lipinski definition) is 2. The van der Waals surface area contributed by atoms with E-state index < -0.39 is 0 Å². The third kappa shape index (κ3) is 3.29. The maximum Gasteiger partial charge on any atom is 0.0516 e. The maximum absolute atomic E-state index is 5.82. The Labute approximate surface area is 88.1 Å². The van der Waals surface area contributed by atoms with Gasteiger partial charge >= 0.3 is 0 Å². The van der Waals surface area contributed by atoms with E-state index in [1.807, 2.05) is 11.4 Å². The van der Waals surface area contributed by atoms with Crippen LogP contribution in [0.1, 0.15) is 24.1 Å². The monoisotopic (exact) mass is 215 g/mol. The van der Waals surface area contributed by atoms with Crippen molar-refractivity contribution in [2.75, 3.05) is 6.54 Å². The summed E-state index contributed by atoms with van der Waals surface area (Å²) in [5.74, 6) is 1.03. The molecule has 2 rings (SSSR count). The van der Waals surface area contributed by atoms with Gasteiger partial charge in [0.2, 0.25) is 0 Å². The normalized spacial score (nSPS) is 16.4. The Bertz CT molecular complexity index is 268. The zero-order chi connectivity index (χ0) is 9.10. The van der Waals surface area contributed by atoms with Gasteiger partial charge in [0, 0.05) is 16.8 Å². The molecule has 1 nitrogen and oxygen atoms in total. The van der Waals surface area contributed by atoms with E-state index in [1.54, 1.807) is 11.3 Å². The molecule has 1 aromatic rings. The first-order valence-electron chi connectivity index (χ1n) is 4.78. The van der Waals surface area contributed by atoms with Gasteiger partial charge in [0.15, 0.2) is 0 Å². The molecule has 1 aliphatic carbocycles. The van der Waals surface area contributed by atoms with E-state index in [0.717, 1.165) is 24.0 Å². The van der Waals surface area contributed by atoms with Crippen molar-refractivity contribution in [3.8, 4) is 0 Å². The molecule has 1 N–H and O–H groups in total. The van der Waals surface area contributed by atoms with Crippen molar-refractivity contribution in [1.82, 2.24) is 5.32 Å². The van der Waals surface area contributed by atoms with Crippen LogP contribution in [0.2, 0.25) is 5.02 Å². The van der Waals surface area contributed by atoms with Crippen LogP contribution in [-0.4, -0.2) is 6.54 Å². The zero-order valence-corrected chi connectivity index (χ0v) is 9.13. The summed E-state index contributed by atoms with van der Waals surface area (Å²) < 4.78 is 0. The molecule has 1 aromatic heterocycles. The molecule has 1 aliphatic rings. The van der Waals surface area contributed by atoms with Crippen LogP contribution < -0.4 is 5.32 Å². The van der Waals surface area contributed by atoms with E-state index in [9.17, 15) is 0 Å². The molecule has 1 fully saturated rings. The summed E-state index contributed by atoms with van der Waals surface area (Å²) in [5.41, 5.74) is 0. The summed E-state index contributed by atoms with van der Waals surface area (Å²) in [7, 11) is 0. The standard InChI is InChI=1S/C10H14ClNS/c11-9-5-10(13-7-9)6-12-4-3-8-1-2-8/h5,7-8,12H,1-4,6H2. The molecule has 13 heavy (non-hydrogen) atoms. The number of hydrogen-bond donors (Lipinski definition) is 1. The molecule has 0 aromatic carbocycles. The van der Waals surface area contributed by atoms with Crippen molar-refractivity contribution in [3.05, 3.63) is 21.3 Å². The van der Waals surface area contributed by atoms with Gasteiger partial charge in [-0.2, -0.15) is 0 Å². The molecule has 0 spiro atoms. The van der Waals surface area contributed by atoms with Crippen molar-refractivity contribution >= 4 is 22.9 Å². The second-order valence-electron chi connectivity index (χ2n) is 3.64. The van der Waals surface area contributed by atoms with Gasteiger partial charge in [-0.1, -0.05) is 24.4 Å². The Hall–Kier alpha value is -0.0500. The van der Waals surface area contributed by atoms with Gasteiger partial charge in [-0.05, 0) is 24.9 Å². The third-order valence-corrected chi connectivity index (χ3v) is 3.63. The molecule has 1 heterocycles. The minimum Gasteiger partial charge on any atom is -0.312 e. The number of nitrogens with one attached hydrogen (secondary N) is 1. The Balaban J connectivity index is 1.61. The molecule has 0 aliphatic heterocycles. The van der Waals surface area contributed by atoms with E-state index in [2.05, 4.69) is 5.32 Å². The van der Waals surface area contributed by atoms with E-state index in [-0.39, 0.29) is 0 Å². The second kappa shape index (κ2) is 4.45. The predicted octanol–water partition coefficient (Wildman–Crippen LogP) is 3.29. The largest absolute Gasteiger partial charge is 0.312 e. The van der Waals surface area contributed by atoms with E-state index >= 15 is 0 Å². The second-order valence-corrected chi connectivity index (χ2v) is 5.07. The summed E-state index contributed by atoms with van der Waals surface area (Å²) in [6.45, 7) is 2.13. The van der Waals surface area contributed by atoms with Crippen molar-refractivity contribution in [2.45, 2.75) is 25.8 Å². The SMILES string of the molecule is Clc1csc(CNCCC2CC2)c1. The highest BCUT2D eigenvalue weighted by molar-refractivity contribution is 7.10. The highest BCUT2D eigenvalue weighted by atomic mass is 35.5. The van der Waals surface area contributed by atoms with Crippen LogP contribution in [0.15, 0.2) is 11.4 Å². The summed E-state index contributed by atoms with van der Waals surface area (Å²) >= 11 is 7.55. The topological polar surface area (TPSA) is 12.0 Å². The Morgan fingerprint density at radius 1 is 1.54 bits per heavy atom. The van der Waals surface area contributed by atoms with Crippen LogP contribution in [0.3, 0.4) is 0 Å². The summed E-state index contributed by atoms with van der Waals surface area (Å²) in [6, 6.07) is 2.04. The molecule has 1 saturated carbocycles. The first kappa shape index (κ1) is 9.50. The Morgan fingerprint density at radius 3 is 3.00 bits per heavy atom. The van der Waals surface area contributed by atoms with E-state index in [4.69, 9.17) is 11.6 Å². The minimum atomic E-state index is 0.865. The first-order chi connectivity index (χ1) is 6.34. The quantitative estimate of drug-likeness (QED) is 0.744. The highest BCUT2D eigenvalue weighted by Crippen LogP contribution is 2.31. The van der Waals surface area contributed by atoms with Crippen LogP contribution in [0.4, 0.5) is 0 Å². The highest BCUT2D eigenvalue weighted by Gasteiger charge is 2.19. The molecule has 0 radical (unpaired) electrons. The average molecular weight is 216 g/mol. The molecule has 0 bridgehead atoms. The molecule has 3 heteroatoms. The Morgan fingerprint density at radius 2 is 2.38 bits per heavy atom. The minimum absolute atomic E-state index is 0.865. The summed E-state index contributed by atoms with van der Waals surface area (Å²) in [6.07, 6.45) is 4.25. The Kier molecular flexibility index (Phi) is 3.25. The van der Waals surface area contributed by atoms with Crippen LogP contribution >= 0.6 is 22.9 Å². The van der Waals surface area contributed by atoms with Gasteiger partial charge in [0.25, 0.3) is 0 Å². The number of halogens is 1. The predicted molar refractivity (Wildman–Crippen MR) is 58.4 cm³/mol. The third-order valence-electron chi connectivity index (χ3n) is 2.35. The van der Waals surface area contributed by atoms with Crippen LogP contribution in [0, 0.1) is 5.92 Å². The fraction of sp³-hybridized carbons (Fsp3) is 0.600. The average Bonchev–Trinajstić information content (AvgIpc) is 2.84. The van der Waals surface area contributed by atoms with E-state index in [1.165, 1.54) is 24.1 Å². The lowest BCUT2D eigenvalue weighted by Crippen LogP contribution is -2.14. The van der Waals surface area contributed by atoms with Gasteiger partial charge in [0.05, 0.1) is 5.02 Å². The fourth-order valence-corrected chi connectivity index (χ4v) is 2.41. The van der Waals surface area contributed by atoms with Crippen LogP contribution in [0.5, 0.6) is 0 Å². The molecule has 0 atom stereocenters. The molecular weight excluding hydrogens is 202 g/mol. The van der Waals surface area contributed by atoms with Crippen LogP contribution in [0.25, 0.3) is 0 Å². The van der Waals surface area contributed by atoms with Crippen molar-refractivity contribution in [2.24, 2.45) is 5.92 Å². The van der Waals surface area contributed by atoms with Crippen molar-refractivity contribution in [3.63, 3.8) is 0 Å². The maximum atomic E-state index is 5.82. The lowest BCUT2D eigenvalue weighted by atomic mass is 10.3. The molecule has 0 unspecified atom stereocenters. The lowest BCUT2D eigenvalue weighted by molar-refractivity contribution is 0.616. The number of rotatable bonds is 5. The van der Waals surface area contributed by atoms with Gasteiger partial charge in [0.1, 0.15) is 0 Å². The molecule has 0 amide bonds. The summed E-state index contributed by atoms with van der Waals surface area (Å²) in [5, 5.41) is 6.29. The fourth-order valence-electron chi connectivity index (χ4n) is 1.37.